The minimum absolute atomic E-state index is 0.000480. The molecule has 2 aromatic heterocycles. The Kier molecular flexibility index (Phi) is 4.45. The van der Waals surface area contributed by atoms with Crippen molar-refractivity contribution in [3.63, 3.8) is 0 Å². The number of methoxy groups -OCH3 is 1. The first kappa shape index (κ1) is 15.7. The second-order valence-corrected chi connectivity index (χ2v) is 5.81. The largest absolute Gasteiger partial charge is 0.375 e. The fourth-order valence-corrected chi connectivity index (χ4v) is 2.78. The first-order valence-electron chi connectivity index (χ1n) is 7.27. The van der Waals surface area contributed by atoms with E-state index in [-0.39, 0.29) is 12.1 Å². The number of hydrogen-bond donors (Lipinski definition) is 1. The summed E-state index contributed by atoms with van der Waals surface area (Å²) in [5, 5.41) is 9.21. The first-order chi connectivity index (χ1) is 11.1. The molecule has 1 aromatic carbocycles. The molecule has 0 fully saturated rings. The van der Waals surface area contributed by atoms with Gasteiger partial charge in [-0.2, -0.15) is 5.10 Å². The molecule has 3 aromatic rings. The van der Waals surface area contributed by atoms with E-state index in [1.807, 2.05) is 38.2 Å². The molecule has 1 N–H and O–H groups in total. The fourth-order valence-electron chi connectivity index (χ4n) is 2.65. The van der Waals surface area contributed by atoms with Crippen molar-refractivity contribution in [1.29, 1.82) is 0 Å². The van der Waals surface area contributed by atoms with Crippen LogP contribution in [0.5, 0.6) is 0 Å². The zero-order valence-electron chi connectivity index (χ0n) is 13.2. The van der Waals surface area contributed by atoms with Crippen LogP contribution in [0.15, 0.2) is 36.8 Å². The molecule has 0 saturated heterocycles. The van der Waals surface area contributed by atoms with Gasteiger partial charge in [0.05, 0.1) is 17.6 Å². The van der Waals surface area contributed by atoms with Crippen LogP contribution in [0.2, 0.25) is 5.02 Å². The molecule has 120 valence electrons. The predicted octanol–water partition coefficient (Wildman–Crippen LogP) is 3.20. The van der Waals surface area contributed by atoms with Crippen molar-refractivity contribution in [2.75, 3.05) is 12.4 Å². The minimum atomic E-state index is -0.131. The van der Waals surface area contributed by atoms with Crippen LogP contribution >= 0.6 is 11.6 Å². The summed E-state index contributed by atoms with van der Waals surface area (Å²) in [4.78, 5) is 8.58. The third-order valence-electron chi connectivity index (χ3n) is 3.80. The van der Waals surface area contributed by atoms with Crippen molar-refractivity contribution in [1.82, 2.24) is 19.7 Å². The van der Waals surface area contributed by atoms with Crippen LogP contribution in [-0.4, -0.2) is 32.9 Å². The zero-order chi connectivity index (χ0) is 16.4. The third kappa shape index (κ3) is 3.13. The van der Waals surface area contributed by atoms with Crippen LogP contribution in [0.3, 0.4) is 0 Å². The van der Waals surface area contributed by atoms with Gasteiger partial charge in [0.15, 0.2) is 5.65 Å². The van der Waals surface area contributed by atoms with Gasteiger partial charge in [0.1, 0.15) is 18.2 Å². The van der Waals surface area contributed by atoms with Gasteiger partial charge in [-0.1, -0.05) is 23.7 Å². The highest BCUT2D eigenvalue weighted by Gasteiger charge is 2.20. The number of benzene rings is 1. The van der Waals surface area contributed by atoms with Crippen molar-refractivity contribution in [3.05, 3.63) is 47.4 Å². The molecule has 0 spiro atoms. The van der Waals surface area contributed by atoms with Gasteiger partial charge in [-0.25, -0.2) is 9.97 Å². The second-order valence-electron chi connectivity index (χ2n) is 5.37. The van der Waals surface area contributed by atoms with E-state index >= 15 is 0 Å². The quantitative estimate of drug-likeness (QED) is 0.777. The second kappa shape index (κ2) is 6.52. The van der Waals surface area contributed by atoms with Gasteiger partial charge in [-0.3, -0.25) is 4.68 Å². The average Bonchev–Trinajstić information content (AvgIpc) is 2.93. The number of rotatable bonds is 5. The summed E-state index contributed by atoms with van der Waals surface area (Å²) >= 11 is 5.95. The summed E-state index contributed by atoms with van der Waals surface area (Å²) in [5.74, 6) is 0.742. The van der Waals surface area contributed by atoms with E-state index in [0.29, 0.717) is 5.02 Å². The van der Waals surface area contributed by atoms with Gasteiger partial charge in [-0.05, 0) is 24.6 Å². The molecule has 3 rings (SSSR count). The van der Waals surface area contributed by atoms with Crippen LogP contribution in [0.1, 0.15) is 18.6 Å². The summed E-state index contributed by atoms with van der Waals surface area (Å²) in [6.45, 7) is 2.05. The number of fused-ring (bicyclic) bond motifs is 1. The molecule has 2 atom stereocenters. The predicted molar refractivity (Wildman–Crippen MR) is 90.6 cm³/mol. The van der Waals surface area contributed by atoms with Crippen LogP contribution in [-0.2, 0) is 11.8 Å². The Morgan fingerprint density at radius 3 is 2.65 bits per heavy atom. The van der Waals surface area contributed by atoms with Crippen molar-refractivity contribution >= 4 is 28.5 Å². The Bertz CT molecular complexity index is 802. The number of aryl methyl sites for hydroxylation is 1. The van der Waals surface area contributed by atoms with Crippen LogP contribution in [0, 0.1) is 0 Å². The summed E-state index contributed by atoms with van der Waals surface area (Å²) in [5.41, 5.74) is 1.84. The lowest BCUT2D eigenvalue weighted by Gasteiger charge is -2.24. The van der Waals surface area contributed by atoms with Gasteiger partial charge < -0.3 is 10.1 Å². The number of nitrogens with zero attached hydrogens (tertiary/aromatic N) is 4. The number of halogens is 1. The van der Waals surface area contributed by atoms with Gasteiger partial charge in [0.25, 0.3) is 0 Å². The van der Waals surface area contributed by atoms with Gasteiger partial charge in [0.2, 0.25) is 0 Å². The van der Waals surface area contributed by atoms with Crippen LogP contribution < -0.4 is 5.32 Å². The van der Waals surface area contributed by atoms with Gasteiger partial charge in [-0.15, -0.1) is 0 Å². The monoisotopic (exact) mass is 331 g/mol. The molecule has 0 amide bonds. The Balaban J connectivity index is 1.86. The van der Waals surface area contributed by atoms with E-state index in [1.54, 1.807) is 18.0 Å². The normalized spacial score (nSPS) is 13.9. The summed E-state index contributed by atoms with van der Waals surface area (Å²) in [6, 6.07) is 7.65. The lowest BCUT2D eigenvalue weighted by Crippen LogP contribution is -2.26. The molecule has 7 heteroatoms. The highest BCUT2D eigenvalue weighted by Crippen LogP contribution is 2.26. The molecule has 0 bridgehead atoms. The number of nitrogens with one attached hydrogen (secondary N) is 1. The molecule has 6 nitrogen and oxygen atoms in total. The molecule has 0 radical (unpaired) electrons. The molecular formula is C16H18ClN5O. The Hall–Kier alpha value is -2.18. The third-order valence-corrected chi connectivity index (χ3v) is 4.05. The molecule has 2 unspecified atom stereocenters. The van der Waals surface area contributed by atoms with E-state index in [2.05, 4.69) is 20.4 Å². The number of ether oxygens (including phenoxy) is 1. The standard InChI is InChI=1S/C16H18ClN5O/c1-10(14(23-3)11-4-6-12(17)7-5-11)21-15-13-8-20-22(2)16(13)19-9-18-15/h4-10,14H,1-3H3,(H,18,19,21). The maximum Gasteiger partial charge on any atom is 0.163 e. The van der Waals surface area contributed by atoms with E-state index in [4.69, 9.17) is 16.3 Å². The van der Waals surface area contributed by atoms with E-state index in [9.17, 15) is 0 Å². The fraction of sp³-hybridized carbons (Fsp3) is 0.312. The maximum atomic E-state index is 5.95. The van der Waals surface area contributed by atoms with Crippen molar-refractivity contribution in [3.8, 4) is 0 Å². The Morgan fingerprint density at radius 1 is 1.22 bits per heavy atom. The zero-order valence-corrected chi connectivity index (χ0v) is 13.9. The highest BCUT2D eigenvalue weighted by molar-refractivity contribution is 6.30. The Labute approximate surface area is 139 Å². The van der Waals surface area contributed by atoms with E-state index in [0.717, 1.165) is 22.4 Å². The molecule has 0 aliphatic carbocycles. The molecule has 0 aliphatic rings. The summed E-state index contributed by atoms with van der Waals surface area (Å²) in [7, 11) is 3.55. The smallest absolute Gasteiger partial charge is 0.163 e. The molecule has 0 aliphatic heterocycles. The lowest BCUT2D eigenvalue weighted by atomic mass is 10.0. The maximum absolute atomic E-state index is 5.95. The SMILES string of the molecule is COC(c1ccc(Cl)cc1)C(C)Nc1ncnc2c1cnn2C. The van der Waals surface area contributed by atoms with Crippen molar-refractivity contribution in [2.24, 2.45) is 7.05 Å². The number of hydrogen-bond acceptors (Lipinski definition) is 5. The van der Waals surface area contributed by atoms with Crippen molar-refractivity contribution in [2.45, 2.75) is 19.1 Å². The van der Waals surface area contributed by atoms with Crippen molar-refractivity contribution < 1.29 is 4.74 Å². The van der Waals surface area contributed by atoms with Crippen LogP contribution in [0.4, 0.5) is 5.82 Å². The summed E-state index contributed by atoms with van der Waals surface area (Å²) < 4.78 is 7.38. The molecule has 0 saturated carbocycles. The molecule has 23 heavy (non-hydrogen) atoms. The topological polar surface area (TPSA) is 64.9 Å². The highest BCUT2D eigenvalue weighted by atomic mass is 35.5. The first-order valence-corrected chi connectivity index (χ1v) is 7.65. The van der Waals surface area contributed by atoms with E-state index < -0.39 is 0 Å². The van der Waals surface area contributed by atoms with Crippen LogP contribution in [0.25, 0.3) is 11.0 Å². The number of anilines is 1. The summed E-state index contributed by atoms with van der Waals surface area (Å²) in [6.07, 6.45) is 3.16. The van der Waals surface area contributed by atoms with E-state index in [1.165, 1.54) is 6.33 Å². The van der Waals surface area contributed by atoms with Gasteiger partial charge >= 0.3 is 0 Å². The number of aromatic nitrogens is 4. The molecular weight excluding hydrogens is 314 g/mol. The Morgan fingerprint density at radius 2 is 1.96 bits per heavy atom. The van der Waals surface area contributed by atoms with Gasteiger partial charge in [0, 0.05) is 19.2 Å². The molecule has 2 heterocycles. The minimum Gasteiger partial charge on any atom is -0.375 e. The average molecular weight is 332 g/mol. The lowest BCUT2D eigenvalue weighted by molar-refractivity contribution is 0.0907.